The minimum atomic E-state index is -0.580. The summed E-state index contributed by atoms with van der Waals surface area (Å²) in [4.78, 5) is 27.5. The van der Waals surface area contributed by atoms with Gasteiger partial charge in [-0.15, -0.1) is 0 Å². The molecule has 192 valence electrons. The highest BCUT2D eigenvalue weighted by Gasteiger charge is 2.54. The molecular formula is C25H46N2O6. The number of amides is 2. The van der Waals surface area contributed by atoms with E-state index in [-0.39, 0.29) is 46.9 Å². The van der Waals surface area contributed by atoms with E-state index in [1.807, 2.05) is 6.92 Å². The number of fused-ring (bicyclic) bond motifs is 1. The van der Waals surface area contributed by atoms with Crippen molar-refractivity contribution in [1.82, 2.24) is 10.2 Å². The molecule has 0 spiro atoms. The van der Waals surface area contributed by atoms with Crippen LogP contribution in [0.2, 0.25) is 0 Å². The zero-order valence-electron chi connectivity index (χ0n) is 21.5. The molecule has 2 aliphatic rings. The fourth-order valence-electron chi connectivity index (χ4n) is 6.18. The lowest BCUT2D eigenvalue weighted by atomic mass is 9.51. The maximum Gasteiger partial charge on any atom is 0.225 e. The van der Waals surface area contributed by atoms with Crippen LogP contribution in [0.1, 0.15) is 52.9 Å². The molecule has 0 bridgehead atoms. The number of carbonyl (C=O) groups excluding carboxylic acids is 2. The van der Waals surface area contributed by atoms with Gasteiger partial charge in [0.05, 0.1) is 25.9 Å². The predicted molar refractivity (Wildman–Crippen MR) is 127 cm³/mol. The third-order valence-corrected chi connectivity index (χ3v) is 8.24. The van der Waals surface area contributed by atoms with Gasteiger partial charge in [0.2, 0.25) is 11.8 Å². The Labute approximate surface area is 199 Å². The summed E-state index contributed by atoms with van der Waals surface area (Å²) >= 11 is 0. The van der Waals surface area contributed by atoms with Gasteiger partial charge in [-0.2, -0.15) is 0 Å². The number of rotatable bonds is 12. The van der Waals surface area contributed by atoms with Gasteiger partial charge in [-0.05, 0) is 48.9 Å². The fourth-order valence-corrected chi connectivity index (χ4v) is 6.18. The molecule has 0 aromatic rings. The molecule has 1 unspecified atom stereocenters. The Kier molecular flexibility index (Phi) is 11.1. The molecule has 2 saturated carbocycles. The predicted octanol–water partition coefficient (Wildman–Crippen LogP) is 2.09. The zero-order chi connectivity index (χ0) is 24.6. The van der Waals surface area contributed by atoms with E-state index in [2.05, 4.69) is 19.2 Å². The molecule has 0 aromatic carbocycles. The molecule has 0 heterocycles. The summed E-state index contributed by atoms with van der Waals surface area (Å²) in [6.07, 6.45) is 3.47. The Hall–Kier alpha value is -1.22. The smallest absolute Gasteiger partial charge is 0.225 e. The molecule has 7 atom stereocenters. The second kappa shape index (κ2) is 13.0. The molecule has 0 aliphatic heterocycles. The summed E-state index contributed by atoms with van der Waals surface area (Å²) in [5, 5.41) is 14.8. The van der Waals surface area contributed by atoms with Gasteiger partial charge in [0.1, 0.15) is 0 Å². The number of aliphatic hydroxyl groups is 1. The summed E-state index contributed by atoms with van der Waals surface area (Å²) in [5.41, 5.74) is 0.0254. The van der Waals surface area contributed by atoms with Crippen molar-refractivity contribution in [3.8, 4) is 0 Å². The van der Waals surface area contributed by atoms with Crippen LogP contribution in [0.5, 0.6) is 0 Å². The van der Waals surface area contributed by atoms with Crippen LogP contribution in [0.15, 0.2) is 0 Å². The maximum absolute atomic E-state index is 13.4. The van der Waals surface area contributed by atoms with Gasteiger partial charge < -0.3 is 29.5 Å². The average molecular weight is 471 g/mol. The Morgan fingerprint density at radius 3 is 2.21 bits per heavy atom. The van der Waals surface area contributed by atoms with Crippen molar-refractivity contribution < 1.29 is 28.9 Å². The molecule has 2 rings (SSSR count). The van der Waals surface area contributed by atoms with Crippen LogP contribution >= 0.6 is 0 Å². The number of ether oxygens (including phenoxy) is 3. The van der Waals surface area contributed by atoms with Crippen LogP contribution < -0.4 is 5.32 Å². The Morgan fingerprint density at radius 2 is 1.64 bits per heavy atom. The lowest BCUT2D eigenvalue weighted by Crippen LogP contribution is -2.58. The number of methoxy groups -OCH3 is 3. The van der Waals surface area contributed by atoms with E-state index in [0.717, 1.165) is 25.7 Å². The van der Waals surface area contributed by atoms with E-state index in [9.17, 15) is 14.7 Å². The summed E-state index contributed by atoms with van der Waals surface area (Å²) in [6.45, 7) is 8.73. The minimum absolute atomic E-state index is 0.00498. The maximum atomic E-state index is 13.4. The van der Waals surface area contributed by atoms with Crippen molar-refractivity contribution in [3.63, 3.8) is 0 Å². The number of nitrogens with zero attached hydrogens (tertiary/aromatic N) is 1. The third-order valence-electron chi connectivity index (χ3n) is 8.24. The highest BCUT2D eigenvalue weighted by atomic mass is 16.5. The highest BCUT2D eigenvalue weighted by Crippen LogP contribution is 2.55. The van der Waals surface area contributed by atoms with E-state index in [4.69, 9.17) is 14.2 Å². The van der Waals surface area contributed by atoms with Gasteiger partial charge in [0.15, 0.2) is 0 Å². The lowest BCUT2D eigenvalue weighted by molar-refractivity contribution is -0.152. The van der Waals surface area contributed by atoms with Crippen LogP contribution in [0.3, 0.4) is 0 Å². The van der Waals surface area contributed by atoms with E-state index in [1.54, 1.807) is 26.2 Å². The van der Waals surface area contributed by atoms with Crippen LogP contribution in [0.25, 0.3) is 0 Å². The Bertz CT molecular complexity index is 624. The molecule has 0 saturated heterocycles. The molecule has 2 N–H and O–H groups in total. The van der Waals surface area contributed by atoms with Crippen molar-refractivity contribution in [1.29, 1.82) is 0 Å². The van der Waals surface area contributed by atoms with Crippen LogP contribution in [0, 0.1) is 29.1 Å². The monoisotopic (exact) mass is 470 g/mol. The molecule has 33 heavy (non-hydrogen) atoms. The second-order valence-electron chi connectivity index (χ2n) is 10.3. The van der Waals surface area contributed by atoms with Crippen LogP contribution in [0.4, 0.5) is 0 Å². The minimum Gasteiger partial charge on any atom is -0.392 e. The quantitative estimate of drug-likeness (QED) is 0.453. The van der Waals surface area contributed by atoms with Gasteiger partial charge in [-0.1, -0.05) is 20.8 Å². The van der Waals surface area contributed by atoms with Gasteiger partial charge in [-0.25, -0.2) is 0 Å². The summed E-state index contributed by atoms with van der Waals surface area (Å²) < 4.78 is 15.4. The van der Waals surface area contributed by atoms with Gasteiger partial charge in [0, 0.05) is 52.8 Å². The SMILES string of the molecule is COCCC(=O)N[C@H]1CC[C@]2(C)CCC([C@H](C)C(=O)N(CCOC)CCOC)[C@H](O)[C@H]2[C@@H]1C. The van der Waals surface area contributed by atoms with E-state index < -0.39 is 6.10 Å². The van der Waals surface area contributed by atoms with Gasteiger partial charge in [0.25, 0.3) is 0 Å². The molecule has 2 fully saturated rings. The van der Waals surface area contributed by atoms with E-state index >= 15 is 0 Å². The molecule has 2 amide bonds. The van der Waals surface area contributed by atoms with Crippen molar-refractivity contribution in [2.45, 2.75) is 65.0 Å². The first-order valence-corrected chi connectivity index (χ1v) is 12.4. The van der Waals surface area contributed by atoms with Gasteiger partial charge in [-0.3, -0.25) is 9.59 Å². The summed E-state index contributed by atoms with van der Waals surface area (Å²) in [7, 11) is 4.85. The molecule has 0 radical (unpaired) electrons. The number of hydrogen-bond donors (Lipinski definition) is 2. The molecule has 8 heteroatoms. The van der Waals surface area contributed by atoms with Crippen molar-refractivity contribution in [3.05, 3.63) is 0 Å². The number of hydrogen-bond acceptors (Lipinski definition) is 6. The summed E-state index contributed by atoms with van der Waals surface area (Å²) in [5.74, 6) is -0.178. The van der Waals surface area contributed by atoms with E-state index in [0.29, 0.717) is 39.3 Å². The van der Waals surface area contributed by atoms with Crippen molar-refractivity contribution in [2.75, 3.05) is 54.2 Å². The Morgan fingerprint density at radius 1 is 1.06 bits per heavy atom. The van der Waals surface area contributed by atoms with Crippen molar-refractivity contribution >= 4 is 11.8 Å². The first kappa shape index (κ1) is 28.0. The normalized spacial score (nSPS) is 32.6. The van der Waals surface area contributed by atoms with E-state index in [1.165, 1.54) is 0 Å². The zero-order valence-corrected chi connectivity index (χ0v) is 21.5. The lowest BCUT2D eigenvalue weighted by Gasteiger charge is -2.56. The first-order chi connectivity index (χ1) is 15.7. The topological polar surface area (TPSA) is 97.3 Å². The summed E-state index contributed by atoms with van der Waals surface area (Å²) in [6, 6.07) is 0.0340. The van der Waals surface area contributed by atoms with Crippen molar-refractivity contribution in [2.24, 2.45) is 29.1 Å². The Balaban J connectivity index is 2.12. The molecular weight excluding hydrogens is 424 g/mol. The van der Waals surface area contributed by atoms with Gasteiger partial charge >= 0.3 is 0 Å². The van der Waals surface area contributed by atoms with Crippen LogP contribution in [-0.4, -0.2) is 88.2 Å². The standard InChI is InChI=1S/C25H46N2O6/c1-17(24(30)27(12-15-32-5)13-16-33-6)19-7-10-25(3)11-8-20(18(2)22(25)23(19)29)26-21(28)9-14-31-4/h17-20,22-23,29H,7-16H2,1-6H3,(H,26,28)/t17-,18+,19?,20-,22+,23-,25-/m0/s1. The average Bonchev–Trinajstić information content (AvgIpc) is 2.79. The highest BCUT2D eigenvalue weighted by molar-refractivity contribution is 5.79. The number of carbonyl (C=O) groups is 2. The molecule has 2 aliphatic carbocycles. The fraction of sp³-hybridized carbons (Fsp3) is 0.920. The van der Waals surface area contributed by atoms with Crippen LogP contribution in [-0.2, 0) is 23.8 Å². The number of aliphatic hydroxyl groups excluding tert-OH is 1. The molecule has 0 aromatic heterocycles. The third kappa shape index (κ3) is 6.90. The first-order valence-electron chi connectivity index (χ1n) is 12.4. The largest absolute Gasteiger partial charge is 0.392 e. The number of nitrogens with one attached hydrogen (secondary N) is 1. The second-order valence-corrected chi connectivity index (χ2v) is 10.3. The molecule has 8 nitrogen and oxygen atoms in total.